The molecule has 0 unspecified atom stereocenters. The Bertz CT molecular complexity index is 215. The fraction of sp³-hybridized carbons (Fsp3) is 0.917. The van der Waals surface area contributed by atoms with E-state index in [0.29, 0.717) is 26.3 Å². The van der Waals surface area contributed by atoms with Crippen molar-refractivity contribution in [1.29, 1.82) is 0 Å². The van der Waals surface area contributed by atoms with Crippen LogP contribution in [0.2, 0.25) is 0 Å². The summed E-state index contributed by atoms with van der Waals surface area (Å²) in [7, 11) is 1.78. The van der Waals surface area contributed by atoms with E-state index in [9.17, 15) is 4.79 Å². The van der Waals surface area contributed by atoms with Gasteiger partial charge in [-0.2, -0.15) is 0 Å². The molecule has 0 saturated carbocycles. The van der Waals surface area contributed by atoms with Crippen LogP contribution in [0.5, 0.6) is 0 Å². The van der Waals surface area contributed by atoms with Crippen LogP contribution in [0.3, 0.4) is 0 Å². The molecule has 0 aromatic heterocycles. The lowest BCUT2D eigenvalue weighted by molar-refractivity contribution is -0.118. The van der Waals surface area contributed by atoms with Gasteiger partial charge in [-0.05, 0) is 6.54 Å². The van der Waals surface area contributed by atoms with Crippen LogP contribution >= 0.6 is 0 Å². The molecule has 0 aliphatic carbocycles. The summed E-state index contributed by atoms with van der Waals surface area (Å²) in [6, 6.07) is 0. The highest BCUT2D eigenvalue weighted by atomic mass is 16.5. The van der Waals surface area contributed by atoms with E-state index < -0.39 is 0 Å². The Morgan fingerprint density at radius 1 is 1.19 bits per heavy atom. The van der Waals surface area contributed by atoms with E-state index in [1.165, 1.54) is 0 Å². The molecule has 0 spiro atoms. The lowest BCUT2D eigenvalue weighted by atomic mass is 9.93. The normalized spacial score (nSPS) is 12.6. The summed E-state index contributed by atoms with van der Waals surface area (Å²) >= 11 is 0. The Labute approximate surface area is 99.1 Å². The predicted octanol–water partition coefficient (Wildman–Crippen LogP) is 1.10. The van der Waals surface area contributed by atoms with Crippen molar-refractivity contribution >= 4 is 6.41 Å². The SMILES string of the molecule is CN(C=O)CC(C)(C)COCC(C)(C)CN. The number of carbonyl (C=O) groups is 1. The van der Waals surface area contributed by atoms with Gasteiger partial charge in [0, 0.05) is 24.4 Å². The summed E-state index contributed by atoms with van der Waals surface area (Å²) in [5, 5.41) is 0. The minimum atomic E-state index is -0.0274. The van der Waals surface area contributed by atoms with Gasteiger partial charge < -0.3 is 15.4 Å². The van der Waals surface area contributed by atoms with Crippen molar-refractivity contribution in [2.75, 3.05) is 33.4 Å². The predicted molar refractivity (Wildman–Crippen MR) is 66.1 cm³/mol. The van der Waals surface area contributed by atoms with Crippen molar-refractivity contribution in [3.63, 3.8) is 0 Å². The maximum Gasteiger partial charge on any atom is 0.209 e. The second kappa shape index (κ2) is 6.21. The van der Waals surface area contributed by atoms with Crippen molar-refractivity contribution in [3.8, 4) is 0 Å². The number of rotatable bonds is 8. The topological polar surface area (TPSA) is 55.6 Å². The number of hydrogen-bond donors (Lipinski definition) is 1. The first-order valence-electron chi connectivity index (χ1n) is 5.66. The molecule has 2 N–H and O–H groups in total. The zero-order valence-corrected chi connectivity index (χ0v) is 11.2. The van der Waals surface area contributed by atoms with Gasteiger partial charge >= 0.3 is 0 Å². The summed E-state index contributed by atoms with van der Waals surface area (Å²) in [5.41, 5.74) is 5.62. The van der Waals surface area contributed by atoms with Crippen molar-refractivity contribution in [2.24, 2.45) is 16.6 Å². The number of amides is 1. The molecule has 16 heavy (non-hydrogen) atoms. The minimum absolute atomic E-state index is 0.0205. The van der Waals surface area contributed by atoms with Gasteiger partial charge in [0.05, 0.1) is 13.2 Å². The Morgan fingerprint density at radius 3 is 2.12 bits per heavy atom. The third-order valence-corrected chi connectivity index (χ3v) is 2.40. The highest BCUT2D eigenvalue weighted by Gasteiger charge is 2.22. The molecule has 0 aromatic carbocycles. The van der Waals surface area contributed by atoms with Crippen LogP contribution < -0.4 is 5.73 Å². The molecule has 0 saturated heterocycles. The highest BCUT2D eigenvalue weighted by Crippen LogP contribution is 2.19. The van der Waals surface area contributed by atoms with E-state index in [1.54, 1.807) is 11.9 Å². The molecule has 4 nitrogen and oxygen atoms in total. The summed E-state index contributed by atoms with van der Waals surface area (Å²) < 4.78 is 5.68. The largest absolute Gasteiger partial charge is 0.380 e. The van der Waals surface area contributed by atoms with E-state index in [0.717, 1.165) is 6.41 Å². The van der Waals surface area contributed by atoms with Crippen LogP contribution in [-0.4, -0.2) is 44.7 Å². The summed E-state index contributed by atoms with van der Waals surface area (Å²) in [5.74, 6) is 0. The van der Waals surface area contributed by atoms with Crippen LogP contribution in [-0.2, 0) is 9.53 Å². The monoisotopic (exact) mass is 230 g/mol. The Kier molecular flexibility index (Phi) is 5.97. The molecule has 96 valence electrons. The smallest absolute Gasteiger partial charge is 0.209 e. The second-order valence-corrected chi connectivity index (χ2v) is 6.05. The quantitative estimate of drug-likeness (QED) is 0.635. The molecule has 0 rings (SSSR count). The van der Waals surface area contributed by atoms with Crippen LogP contribution in [0, 0.1) is 10.8 Å². The van der Waals surface area contributed by atoms with Gasteiger partial charge in [0.2, 0.25) is 6.41 Å². The van der Waals surface area contributed by atoms with E-state index in [1.807, 2.05) is 0 Å². The molecule has 0 aliphatic heterocycles. The van der Waals surface area contributed by atoms with Crippen LogP contribution in [0.1, 0.15) is 27.7 Å². The van der Waals surface area contributed by atoms with Gasteiger partial charge in [0.25, 0.3) is 0 Å². The van der Waals surface area contributed by atoms with Gasteiger partial charge in [-0.3, -0.25) is 4.79 Å². The number of ether oxygens (including phenoxy) is 1. The fourth-order valence-electron chi connectivity index (χ4n) is 1.42. The third-order valence-electron chi connectivity index (χ3n) is 2.40. The summed E-state index contributed by atoms with van der Waals surface area (Å²) in [6.07, 6.45) is 0.839. The average Bonchev–Trinajstić information content (AvgIpc) is 2.16. The van der Waals surface area contributed by atoms with E-state index >= 15 is 0 Å². The molecule has 0 heterocycles. The maximum atomic E-state index is 10.5. The molecule has 0 bridgehead atoms. The van der Waals surface area contributed by atoms with Gasteiger partial charge in [0.1, 0.15) is 0 Å². The minimum Gasteiger partial charge on any atom is -0.380 e. The Hall–Kier alpha value is -0.610. The van der Waals surface area contributed by atoms with Crippen molar-refractivity contribution < 1.29 is 9.53 Å². The van der Waals surface area contributed by atoms with Crippen LogP contribution in [0.15, 0.2) is 0 Å². The Balaban J connectivity index is 3.95. The highest BCUT2D eigenvalue weighted by molar-refractivity contribution is 5.46. The van der Waals surface area contributed by atoms with E-state index in [4.69, 9.17) is 10.5 Å². The Morgan fingerprint density at radius 2 is 1.69 bits per heavy atom. The van der Waals surface area contributed by atoms with Crippen molar-refractivity contribution in [2.45, 2.75) is 27.7 Å². The number of hydrogen-bond acceptors (Lipinski definition) is 3. The zero-order chi connectivity index (χ0) is 12.8. The number of nitrogens with two attached hydrogens (primary N) is 1. The molecule has 4 heteroatoms. The van der Waals surface area contributed by atoms with Gasteiger partial charge in [-0.1, -0.05) is 27.7 Å². The molecular weight excluding hydrogens is 204 g/mol. The molecular formula is C12H26N2O2. The van der Waals surface area contributed by atoms with Gasteiger partial charge in [-0.25, -0.2) is 0 Å². The second-order valence-electron chi connectivity index (χ2n) is 6.05. The van der Waals surface area contributed by atoms with Crippen molar-refractivity contribution in [3.05, 3.63) is 0 Å². The van der Waals surface area contributed by atoms with E-state index in [2.05, 4.69) is 27.7 Å². The lowest BCUT2D eigenvalue weighted by Gasteiger charge is -2.30. The average molecular weight is 230 g/mol. The van der Waals surface area contributed by atoms with Crippen molar-refractivity contribution in [1.82, 2.24) is 4.90 Å². The zero-order valence-electron chi connectivity index (χ0n) is 11.2. The molecule has 0 fully saturated rings. The first-order valence-corrected chi connectivity index (χ1v) is 5.66. The molecule has 0 aliphatic rings. The van der Waals surface area contributed by atoms with Crippen LogP contribution in [0.25, 0.3) is 0 Å². The fourth-order valence-corrected chi connectivity index (χ4v) is 1.42. The number of carbonyl (C=O) groups excluding carboxylic acids is 1. The molecule has 1 amide bonds. The summed E-state index contributed by atoms with van der Waals surface area (Å²) in [6.45, 7) is 10.9. The standard InChI is InChI=1S/C12H26N2O2/c1-11(2,6-13)8-16-9-12(3,4)7-14(5)10-15/h10H,6-9,13H2,1-5H3. The maximum absolute atomic E-state index is 10.5. The molecule has 0 atom stereocenters. The lowest BCUT2D eigenvalue weighted by Crippen LogP contribution is -2.36. The first-order chi connectivity index (χ1) is 7.22. The number of nitrogens with zero attached hydrogens (tertiary/aromatic N) is 1. The summed E-state index contributed by atoms with van der Waals surface area (Å²) in [4.78, 5) is 12.2. The molecule has 0 radical (unpaired) electrons. The first kappa shape index (κ1) is 15.4. The molecule has 0 aromatic rings. The van der Waals surface area contributed by atoms with Gasteiger partial charge in [-0.15, -0.1) is 0 Å². The van der Waals surface area contributed by atoms with E-state index in [-0.39, 0.29) is 10.8 Å². The van der Waals surface area contributed by atoms with Gasteiger partial charge in [0.15, 0.2) is 0 Å². The van der Waals surface area contributed by atoms with Crippen LogP contribution in [0.4, 0.5) is 0 Å². The third kappa shape index (κ3) is 6.80.